The van der Waals surface area contributed by atoms with Crippen molar-refractivity contribution >= 4 is 45.6 Å². The van der Waals surface area contributed by atoms with Crippen molar-refractivity contribution in [3.8, 4) is 0 Å². The van der Waals surface area contributed by atoms with E-state index in [2.05, 4.69) is 16.0 Å². The number of rotatable bonds is 9. The van der Waals surface area contributed by atoms with Crippen LogP contribution in [0.15, 0.2) is 121 Å². The summed E-state index contributed by atoms with van der Waals surface area (Å²) in [6, 6.07) is 35.9. The number of aryl methyl sites for hydroxylation is 1. The Labute approximate surface area is 238 Å². The maximum absolute atomic E-state index is 13.5. The van der Waals surface area contributed by atoms with Gasteiger partial charge in [-0.2, -0.15) is 0 Å². The first-order valence-corrected chi connectivity index (χ1v) is 13.3. The van der Waals surface area contributed by atoms with Crippen LogP contribution in [0.1, 0.15) is 33.9 Å². The fourth-order valence-corrected chi connectivity index (χ4v) is 4.55. The number of anilines is 3. The van der Waals surface area contributed by atoms with Crippen LogP contribution in [0.5, 0.6) is 0 Å². The van der Waals surface area contributed by atoms with Crippen LogP contribution < -0.4 is 21.7 Å². The zero-order valence-corrected chi connectivity index (χ0v) is 22.3. The van der Waals surface area contributed by atoms with Gasteiger partial charge in [-0.05, 0) is 64.7 Å². The highest BCUT2D eigenvalue weighted by Gasteiger charge is 2.23. The van der Waals surface area contributed by atoms with E-state index in [0.717, 1.165) is 16.3 Å². The molecule has 1 atom stereocenters. The van der Waals surface area contributed by atoms with Crippen molar-refractivity contribution in [2.24, 2.45) is 0 Å². The number of para-hydroxylation sites is 2. The van der Waals surface area contributed by atoms with Crippen LogP contribution >= 0.6 is 0 Å². The summed E-state index contributed by atoms with van der Waals surface area (Å²) in [4.78, 5) is 39.3. The Bertz CT molecular complexity index is 1680. The SMILES string of the molecule is Nc1ccccc1NC(=O)c1ccc(C(NC(=O)CCc2ccccc2)C(=O)Nc2ccc3ccccc3c2)cc1. The highest BCUT2D eigenvalue weighted by atomic mass is 16.2. The van der Waals surface area contributed by atoms with E-state index in [4.69, 9.17) is 5.73 Å². The quantitative estimate of drug-likeness (QED) is 0.169. The first-order valence-electron chi connectivity index (χ1n) is 13.3. The second-order valence-electron chi connectivity index (χ2n) is 9.70. The van der Waals surface area contributed by atoms with E-state index in [1.807, 2.05) is 72.8 Å². The van der Waals surface area contributed by atoms with Gasteiger partial charge in [-0.1, -0.05) is 84.9 Å². The molecule has 5 aromatic rings. The van der Waals surface area contributed by atoms with Crippen LogP contribution in [-0.4, -0.2) is 17.7 Å². The Morgan fingerprint density at radius 3 is 2.12 bits per heavy atom. The van der Waals surface area contributed by atoms with Gasteiger partial charge in [0.2, 0.25) is 5.91 Å². The molecule has 3 amide bonds. The molecule has 204 valence electrons. The normalized spacial score (nSPS) is 11.4. The number of hydrogen-bond donors (Lipinski definition) is 4. The lowest BCUT2D eigenvalue weighted by atomic mass is 10.0. The van der Waals surface area contributed by atoms with Gasteiger partial charge in [-0.25, -0.2) is 0 Å². The van der Waals surface area contributed by atoms with Gasteiger partial charge in [0.25, 0.3) is 11.8 Å². The number of nitrogens with one attached hydrogen (secondary N) is 3. The lowest BCUT2D eigenvalue weighted by Crippen LogP contribution is -2.37. The minimum atomic E-state index is -0.966. The standard InChI is InChI=1S/C34H30N4O3/c35-29-12-6-7-13-30(29)37-33(40)26-17-15-25(16-18-26)32(38-31(39)21-14-23-8-2-1-3-9-23)34(41)36-28-20-19-24-10-4-5-11-27(24)22-28/h1-13,15-20,22,32H,14,21,35H2,(H,36,41)(H,37,40)(H,38,39). The monoisotopic (exact) mass is 542 g/mol. The van der Waals surface area contributed by atoms with Crippen LogP contribution in [-0.2, 0) is 16.0 Å². The summed E-state index contributed by atoms with van der Waals surface area (Å²) in [5.74, 6) is -0.977. The van der Waals surface area contributed by atoms with Crippen LogP contribution in [0.25, 0.3) is 10.8 Å². The molecule has 0 bridgehead atoms. The molecule has 7 nitrogen and oxygen atoms in total. The molecule has 0 fully saturated rings. The third kappa shape index (κ3) is 6.96. The largest absolute Gasteiger partial charge is 0.397 e. The van der Waals surface area contributed by atoms with Crippen molar-refractivity contribution in [2.75, 3.05) is 16.4 Å². The van der Waals surface area contributed by atoms with E-state index in [0.29, 0.717) is 34.6 Å². The lowest BCUT2D eigenvalue weighted by molar-refractivity contribution is -0.126. The summed E-state index contributed by atoms with van der Waals surface area (Å²) in [7, 11) is 0. The van der Waals surface area contributed by atoms with Crippen molar-refractivity contribution in [3.63, 3.8) is 0 Å². The molecule has 0 spiro atoms. The average Bonchev–Trinajstić information content (AvgIpc) is 3.00. The maximum Gasteiger partial charge on any atom is 0.255 e. The van der Waals surface area contributed by atoms with Gasteiger partial charge in [0.05, 0.1) is 11.4 Å². The second-order valence-corrected chi connectivity index (χ2v) is 9.70. The zero-order chi connectivity index (χ0) is 28.6. The molecule has 1 unspecified atom stereocenters. The fraction of sp³-hybridized carbons (Fsp3) is 0.0882. The first kappa shape index (κ1) is 27.1. The van der Waals surface area contributed by atoms with Crippen molar-refractivity contribution in [3.05, 3.63) is 138 Å². The molecule has 5 N–H and O–H groups in total. The summed E-state index contributed by atoms with van der Waals surface area (Å²) < 4.78 is 0. The van der Waals surface area contributed by atoms with E-state index in [1.54, 1.807) is 48.5 Å². The van der Waals surface area contributed by atoms with Crippen LogP contribution in [0.3, 0.4) is 0 Å². The molecule has 0 radical (unpaired) electrons. The Morgan fingerprint density at radius 2 is 1.37 bits per heavy atom. The molecule has 0 aliphatic rings. The topological polar surface area (TPSA) is 113 Å². The average molecular weight is 543 g/mol. The minimum Gasteiger partial charge on any atom is -0.397 e. The molecule has 0 aliphatic carbocycles. The Hall–Kier alpha value is -5.43. The summed E-state index contributed by atoms with van der Waals surface area (Å²) >= 11 is 0. The number of carbonyl (C=O) groups excluding carboxylic acids is 3. The highest BCUT2D eigenvalue weighted by Crippen LogP contribution is 2.23. The lowest BCUT2D eigenvalue weighted by Gasteiger charge is -2.20. The predicted molar refractivity (Wildman–Crippen MR) is 163 cm³/mol. The van der Waals surface area contributed by atoms with Crippen LogP contribution in [0, 0.1) is 0 Å². The van der Waals surface area contributed by atoms with Crippen LogP contribution in [0.4, 0.5) is 17.1 Å². The molecule has 7 heteroatoms. The fourth-order valence-electron chi connectivity index (χ4n) is 4.55. The number of benzene rings is 5. The summed E-state index contributed by atoms with van der Waals surface area (Å²) in [5, 5.41) is 10.7. The van der Waals surface area contributed by atoms with Crippen molar-refractivity contribution < 1.29 is 14.4 Å². The number of fused-ring (bicyclic) bond motifs is 1. The highest BCUT2D eigenvalue weighted by molar-refractivity contribution is 6.06. The molecule has 0 saturated heterocycles. The Morgan fingerprint density at radius 1 is 0.683 bits per heavy atom. The third-order valence-electron chi connectivity index (χ3n) is 6.78. The van der Waals surface area contributed by atoms with Gasteiger partial charge < -0.3 is 21.7 Å². The van der Waals surface area contributed by atoms with Gasteiger partial charge in [-0.15, -0.1) is 0 Å². The maximum atomic E-state index is 13.5. The third-order valence-corrected chi connectivity index (χ3v) is 6.78. The minimum absolute atomic E-state index is 0.225. The van der Waals surface area contributed by atoms with Crippen LogP contribution in [0.2, 0.25) is 0 Å². The molecule has 0 saturated carbocycles. The summed E-state index contributed by atoms with van der Waals surface area (Å²) in [6.07, 6.45) is 0.774. The van der Waals surface area contributed by atoms with Crippen molar-refractivity contribution in [1.82, 2.24) is 5.32 Å². The van der Waals surface area contributed by atoms with E-state index in [9.17, 15) is 14.4 Å². The Balaban J connectivity index is 1.34. The number of hydrogen-bond acceptors (Lipinski definition) is 4. The Kier molecular flexibility index (Phi) is 8.35. The molecule has 0 aliphatic heterocycles. The predicted octanol–water partition coefficient (Wildman–Crippen LogP) is 6.10. The van der Waals surface area contributed by atoms with Crippen molar-refractivity contribution in [1.29, 1.82) is 0 Å². The van der Waals surface area contributed by atoms with E-state index in [-0.39, 0.29) is 24.1 Å². The van der Waals surface area contributed by atoms with E-state index >= 15 is 0 Å². The summed E-state index contributed by atoms with van der Waals surface area (Å²) in [6.45, 7) is 0. The molecular weight excluding hydrogens is 512 g/mol. The molecule has 41 heavy (non-hydrogen) atoms. The number of nitrogens with two attached hydrogens (primary N) is 1. The summed E-state index contributed by atoms with van der Waals surface area (Å²) in [5.41, 5.74) is 9.51. The number of amides is 3. The van der Waals surface area contributed by atoms with Crippen molar-refractivity contribution in [2.45, 2.75) is 18.9 Å². The molecule has 0 aromatic heterocycles. The number of nitrogen functional groups attached to an aromatic ring is 1. The van der Waals surface area contributed by atoms with Gasteiger partial charge >= 0.3 is 0 Å². The van der Waals surface area contributed by atoms with Gasteiger partial charge in [-0.3, -0.25) is 14.4 Å². The molecule has 0 heterocycles. The molecule has 5 rings (SSSR count). The van der Waals surface area contributed by atoms with E-state index in [1.165, 1.54) is 0 Å². The zero-order valence-electron chi connectivity index (χ0n) is 22.3. The van der Waals surface area contributed by atoms with Gasteiger partial charge in [0.15, 0.2) is 0 Å². The molecular formula is C34H30N4O3. The van der Waals surface area contributed by atoms with E-state index < -0.39 is 6.04 Å². The smallest absolute Gasteiger partial charge is 0.255 e. The van der Waals surface area contributed by atoms with Gasteiger partial charge in [0, 0.05) is 17.7 Å². The second kappa shape index (κ2) is 12.6. The molecule has 5 aromatic carbocycles. The first-order chi connectivity index (χ1) is 20.0. The van der Waals surface area contributed by atoms with Gasteiger partial charge in [0.1, 0.15) is 6.04 Å². The number of carbonyl (C=O) groups is 3.